The SMILES string of the molecule is CN1C(=O)c2ccccc2C(C(=O)O)C12CCCCC2. The molecule has 3 rings (SSSR count). The van der Waals surface area contributed by atoms with Gasteiger partial charge in [-0.3, -0.25) is 9.59 Å². The maximum atomic E-state index is 12.6. The Morgan fingerprint density at radius 1 is 1.25 bits per heavy atom. The molecule has 0 aromatic heterocycles. The van der Waals surface area contributed by atoms with Crippen LogP contribution in [-0.2, 0) is 4.79 Å². The normalized spacial score (nSPS) is 24.6. The largest absolute Gasteiger partial charge is 0.481 e. The van der Waals surface area contributed by atoms with Crippen molar-refractivity contribution in [3.8, 4) is 0 Å². The zero-order valence-electron chi connectivity index (χ0n) is 11.6. The van der Waals surface area contributed by atoms with Gasteiger partial charge in [0.2, 0.25) is 0 Å². The first-order chi connectivity index (χ1) is 9.58. The summed E-state index contributed by atoms with van der Waals surface area (Å²) < 4.78 is 0. The van der Waals surface area contributed by atoms with Gasteiger partial charge in [-0.15, -0.1) is 0 Å². The van der Waals surface area contributed by atoms with Gasteiger partial charge in [-0.1, -0.05) is 37.5 Å². The van der Waals surface area contributed by atoms with Crippen LogP contribution < -0.4 is 0 Å². The lowest BCUT2D eigenvalue weighted by atomic mass is 9.66. The zero-order valence-corrected chi connectivity index (χ0v) is 11.6. The Morgan fingerprint density at radius 3 is 2.55 bits per heavy atom. The van der Waals surface area contributed by atoms with Crippen molar-refractivity contribution in [1.82, 2.24) is 4.90 Å². The number of hydrogen-bond donors (Lipinski definition) is 1. The first kappa shape index (κ1) is 13.2. The summed E-state index contributed by atoms with van der Waals surface area (Å²) in [6.07, 6.45) is 4.66. The topological polar surface area (TPSA) is 57.6 Å². The fourth-order valence-corrected chi connectivity index (χ4v) is 3.96. The molecule has 1 fully saturated rings. The molecule has 106 valence electrons. The van der Waals surface area contributed by atoms with Gasteiger partial charge in [0.05, 0.1) is 5.54 Å². The number of carbonyl (C=O) groups is 2. The van der Waals surface area contributed by atoms with E-state index in [4.69, 9.17) is 0 Å². The number of nitrogens with zero attached hydrogens (tertiary/aromatic N) is 1. The third-order valence-corrected chi connectivity index (χ3v) is 4.98. The molecular weight excluding hydrogens is 254 g/mol. The maximum Gasteiger partial charge on any atom is 0.313 e. The predicted octanol–water partition coefficient (Wildman–Crippen LogP) is 2.64. The minimum Gasteiger partial charge on any atom is -0.481 e. The number of likely N-dealkylation sites (N-methyl/N-ethyl adjacent to an activating group) is 1. The molecule has 20 heavy (non-hydrogen) atoms. The molecule has 0 radical (unpaired) electrons. The average Bonchev–Trinajstić information content (AvgIpc) is 2.46. The van der Waals surface area contributed by atoms with Crippen molar-refractivity contribution in [3.05, 3.63) is 35.4 Å². The number of carboxylic acid groups (broad SMARTS) is 1. The van der Waals surface area contributed by atoms with E-state index in [1.54, 1.807) is 30.1 Å². The second kappa shape index (κ2) is 4.62. The highest BCUT2D eigenvalue weighted by molar-refractivity contribution is 6.00. The average molecular weight is 273 g/mol. The van der Waals surface area contributed by atoms with Crippen molar-refractivity contribution in [2.24, 2.45) is 0 Å². The predicted molar refractivity (Wildman–Crippen MR) is 74.7 cm³/mol. The van der Waals surface area contributed by atoms with Gasteiger partial charge in [0.25, 0.3) is 5.91 Å². The molecule has 4 heteroatoms. The Morgan fingerprint density at radius 2 is 1.90 bits per heavy atom. The van der Waals surface area contributed by atoms with Gasteiger partial charge in [-0.2, -0.15) is 0 Å². The molecule has 1 aliphatic heterocycles. The summed E-state index contributed by atoms with van der Waals surface area (Å²) >= 11 is 0. The third-order valence-electron chi connectivity index (χ3n) is 4.98. The molecular formula is C16H19NO3. The Labute approximate surface area is 118 Å². The van der Waals surface area contributed by atoms with Gasteiger partial charge in [0.1, 0.15) is 5.92 Å². The number of carboxylic acids is 1. The Bertz CT molecular complexity index is 561. The summed E-state index contributed by atoms with van der Waals surface area (Å²) in [5.41, 5.74) is 0.679. The van der Waals surface area contributed by atoms with E-state index in [-0.39, 0.29) is 5.91 Å². The molecule has 1 amide bonds. The van der Waals surface area contributed by atoms with E-state index >= 15 is 0 Å². The number of benzene rings is 1. The molecule has 4 nitrogen and oxygen atoms in total. The molecule has 0 bridgehead atoms. The molecule has 1 N–H and O–H groups in total. The van der Waals surface area contributed by atoms with Crippen LogP contribution in [0.5, 0.6) is 0 Å². The van der Waals surface area contributed by atoms with Crippen molar-refractivity contribution < 1.29 is 14.7 Å². The van der Waals surface area contributed by atoms with Gasteiger partial charge in [-0.25, -0.2) is 0 Å². The van der Waals surface area contributed by atoms with Crippen LogP contribution in [-0.4, -0.2) is 34.5 Å². The minimum absolute atomic E-state index is 0.0417. The summed E-state index contributed by atoms with van der Waals surface area (Å²) in [6.45, 7) is 0. The van der Waals surface area contributed by atoms with Crippen LogP contribution in [0.4, 0.5) is 0 Å². The highest BCUT2D eigenvalue weighted by atomic mass is 16.4. The van der Waals surface area contributed by atoms with Gasteiger partial charge >= 0.3 is 5.97 Å². The van der Waals surface area contributed by atoms with Crippen molar-refractivity contribution in [2.45, 2.75) is 43.6 Å². The summed E-state index contributed by atoms with van der Waals surface area (Å²) in [4.78, 5) is 26.2. The quantitative estimate of drug-likeness (QED) is 0.855. The van der Waals surface area contributed by atoms with Crippen LogP contribution in [0.25, 0.3) is 0 Å². The summed E-state index contributed by atoms with van der Waals surface area (Å²) in [6, 6.07) is 7.15. The highest BCUT2D eigenvalue weighted by Crippen LogP contribution is 2.48. The number of amides is 1. The first-order valence-electron chi connectivity index (χ1n) is 7.18. The second-order valence-corrected chi connectivity index (χ2v) is 5.89. The standard InChI is InChI=1S/C16H19NO3/c1-17-14(18)12-8-4-3-7-11(12)13(15(19)20)16(17)9-5-2-6-10-16/h3-4,7-8,13H,2,5-6,9-10H2,1H3,(H,19,20). The lowest BCUT2D eigenvalue weighted by molar-refractivity contribution is -0.143. The smallest absolute Gasteiger partial charge is 0.313 e. The van der Waals surface area contributed by atoms with Crippen molar-refractivity contribution in [3.63, 3.8) is 0 Å². The van der Waals surface area contributed by atoms with Gasteiger partial charge in [0.15, 0.2) is 0 Å². The van der Waals surface area contributed by atoms with Gasteiger partial charge in [0, 0.05) is 12.6 Å². The molecule has 1 heterocycles. The van der Waals surface area contributed by atoms with E-state index in [2.05, 4.69) is 0 Å². The van der Waals surface area contributed by atoms with Crippen molar-refractivity contribution in [1.29, 1.82) is 0 Å². The molecule has 1 unspecified atom stereocenters. The van der Waals surface area contributed by atoms with Gasteiger partial charge in [-0.05, 0) is 24.5 Å². The number of rotatable bonds is 1. The van der Waals surface area contributed by atoms with E-state index in [1.165, 1.54) is 0 Å². The van der Waals surface area contributed by atoms with Crippen molar-refractivity contribution in [2.75, 3.05) is 7.05 Å². The fourth-order valence-electron chi connectivity index (χ4n) is 3.96. The number of carbonyl (C=O) groups excluding carboxylic acids is 1. The molecule has 1 saturated carbocycles. The first-order valence-corrected chi connectivity index (χ1v) is 7.18. The van der Waals surface area contributed by atoms with Gasteiger partial charge < -0.3 is 10.0 Å². The Balaban J connectivity index is 2.20. The molecule has 1 aromatic rings. The van der Waals surface area contributed by atoms with E-state index in [0.717, 1.165) is 32.1 Å². The monoisotopic (exact) mass is 273 g/mol. The van der Waals surface area contributed by atoms with Crippen LogP contribution >= 0.6 is 0 Å². The molecule has 0 saturated heterocycles. The van der Waals surface area contributed by atoms with Crippen LogP contribution in [0.2, 0.25) is 0 Å². The molecule has 1 aliphatic carbocycles. The summed E-state index contributed by atoms with van der Waals surface area (Å²) in [5.74, 6) is -1.47. The summed E-state index contributed by atoms with van der Waals surface area (Å²) in [5, 5.41) is 9.77. The minimum atomic E-state index is -0.821. The number of fused-ring (bicyclic) bond motifs is 1. The van der Waals surface area contributed by atoms with Crippen LogP contribution in [0.1, 0.15) is 53.9 Å². The van der Waals surface area contributed by atoms with Crippen LogP contribution in [0.15, 0.2) is 24.3 Å². The lowest BCUT2D eigenvalue weighted by Gasteiger charge is -2.51. The van der Waals surface area contributed by atoms with E-state index in [0.29, 0.717) is 11.1 Å². The van der Waals surface area contributed by atoms with E-state index in [1.807, 2.05) is 6.07 Å². The number of aliphatic carboxylic acids is 1. The molecule has 2 aliphatic rings. The van der Waals surface area contributed by atoms with E-state index < -0.39 is 17.4 Å². The third kappa shape index (κ3) is 1.67. The Kier molecular flexibility index (Phi) is 3.04. The lowest BCUT2D eigenvalue weighted by Crippen LogP contribution is -2.59. The van der Waals surface area contributed by atoms with E-state index in [9.17, 15) is 14.7 Å². The van der Waals surface area contributed by atoms with Crippen molar-refractivity contribution >= 4 is 11.9 Å². The second-order valence-electron chi connectivity index (χ2n) is 5.89. The summed E-state index contributed by atoms with van der Waals surface area (Å²) in [7, 11) is 1.76. The molecule has 1 aromatic carbocycles. The Hall–Kier alpha value is -1.84. The zero-order chi connectivity index (χ0) is 14.3. The maximum absolute atomic E-state index is 12.6. The number of hydrogen-bond acceptors (Lipinski definition) is 2. The molecule has 1 spiro atoms. The molecule has 1 atom stereocenters. The van der Waals surface area contributed by atoms with Crippen LogP contribution in [0.3, 0.4) is 0 Å². The fraction of sp³-hybridized carbons (Fsp3) is 0.500. The van der Waals surface area contributed by atoms with Crippen LogP contribution in [0, 0.1) is 0 Å². The highest BCUT2D eigenvalue weighted by Gasteiger charge is 2.53.